The number of nitrogens with zero attached hydrogens (tertiary/aromatic N) is 1. The van der Waals surface area contributed by atoms with Crippen LogP contribution in [0.2, 0.25) is 5.02 Å². The number of carbonyl (C=O) groups is 1. The van der Waals surface area contributed by atoms with Gasteiger partial charge in [0.1, 0.15) is 5.82 Å². The van der Waals surface area contributed by atoms with Crippen LogP contribution < -0.4 is 10.6 Å². The van der Waals surface area contributed by atoms with Gasteiger partial charge in [-0.05, 0) is 12.1 Å². The maximum atomic E-state index is 13.4. The summed E-state index contributed by atoms with van der Waals surface area (Å²) in [5, 5.41) is 5.94. The minimum atomic E-state index is -0.386. The summed E-state index contributed by atoms with van der Waals surface area (Å²) in [7, 11) is 0. The van der Waals surface area contributed by atoms with Crippen LogP contribution in [-0.2, 0) is 0 Å². The SMILES string of the molecule is O=C1NCCN1CCNc1c(F)cccc1Cl. The fourth-order valence-corrected chi connectivity index (χ4v) is 1.94. The molecule has 2 amide bonds. The lowest BCUT2D eigenvalue weighted by Crippen LogP contribution is -2.32. The molecule has 17 heavy (non-hydrogen) atoms. The number of benzene rings is 1. The Morgan fingerprint density at radius 3 is 3.00 bits per heavy atom. The zero-order valence-electron chi connectivity index (χ0n) is 9.17. The molecule has 1 aromatic carbocycles. The van der Waals surface area contributed by atoms with Crippen LogP contribution in [-0.4, -0.2) is 37.1 Å². The number of hydrogen-bond donors (Lipinski definition) is 2. The summed E-state index contributed by atoms with van der Waals surface area (Å²) in [6, 6.07) is 4.44. The summed E-state index contributed by atoms with van der Waals surface area (Å²) in [6.07, 6.45) is 0. The van der Waals surface area contributed by atoms with E-state index in [9.17, 15) is 9.18 Å². The van der Waals surface area contributed by atoms with E-state index in [4.69, 9.17) is 11.6 Å². The first-order valence-electron chi connectivity index (χ1n) is 5.39. The van der Waals surface area contributed by atoms with Crippen LogP contribution in [0.3, 0.4) is 0 Å². The second-order valence-corrected chi connectivity index (χ2v) is 4.15. The lowest BCUT2D eigenvalue weighted by atomic mass is 10.3. The number of nitrogens with one attached hydrogen (secondary N) is 2. The smallest absolute Gasteiger partial charge is 0.317 e. The molecule has 0 spiro atoms. The van der Waals surface area contributed by atoms with Crippen molar-refractivity contribution in [3.05, 3.63) is 29.0 Å². The normalized spacial score (nSPS) is 14.9. The topological polar surface area (TPSA) is 44.4 Å². The predicted molar refractivity (Wildman–Crippen MR) is 64.9 cm³/mol. The Hall–Kier alpha value is -1.49. The van der Waals surface area contributed by atoms with Crippen molar-refractivity contribution in [2.45, 2.75) is 0 Å². The van der Waals surface area contributed by atoms with E-state index in [-0.39, 0.29) is 17.5 Å². The molecule has 0 aromatic heterocycles. The summed E-state index contributed by atoms with van der Waals surface area (Å²) >= 11 is 5.86. The third-order valence-corrected chi connectivity index (χ3v) is 2.91. The highest BCUT2D eigenvalue weighted by Crippen LogP contribution is 2.24. The van der Waals surface area contributed by atoms with Gasteiger partial charge in [-0.15, -0.1) is 0 Å². The van der Waals surface area contributed by atoms with E-state index in [1.54, 1.807) is 17.0 Å². The van der Waals surface area contributed by atoms with Gasteiger partial charge in [0.15, 0.2) is 0 Å². The first-order valence-corrected chi connectivity index (χ1v) is 5.77. The van der Waals surface area contributed by atoms with Gasteiger partial charge < -0.3 is 15.5 Å². The fraction of sp³-hybridized carbons (Fsp3) is 0.364. The van der Waals surface area contributed by atoms with Crippen molar-refractivity contribution in [3.63, 3.8) is 0 Å². The molecule has 0 radical (unpaired) electrons. The zero-order valence-corrected chi connectivity index (χ0v) is 9.93. The number of urea groups is 1. The van der Waals surface area contributed by atoms with Gasteiger partial charge in [0.05, 0.1) is 10.7 Å². The second kappa shape index (κ2) is 5.23. The highest BCUT2D eigenvalue weighted by atomic mass is 35.5. The molecule has 1 aliphatic heterocycles. The van der Waals surface area contributed by atoms with Gasteiger partial charge in [0.2, 0.25) is 0 Å². The van der Waals surface area contributed by atoms with E-state index < -0.39 is 0 Å². The molecule has 0 aliphatic carbocycles. The van der Waals surface area contributed by atoms with Gasteiger partial charge in [-0.2, -0.15) is 0 Å². The Labute approximate surface area is 104 Å². The summed E-state index contributed by atoms with van der Waals surface area (Å²) in [4.78, 5) is 12.9. The molecule has 0 unspecified atom stereocenters. The number of para-hydroxylation sites is 1. The van der Waals surface area contributed by atoms with Crippen molar-refractivity contribution >= 4 is 23.3 Å². The Balaban J connectivity index is 1.88. The van der Waals surface area contributed by atoms with Crippen molar-refractivity contribution in [3.8, 4) is 0 Å². The molecule has 92 valence electrons. The molecular formula is C11H13ClFN3O. The summed E-state index contributed by atoms with van der Waals surface area (Å²) in [5.74, 6) is -0.386. The van der Waals surface area contributed by atoms with E-state index >= 15 is 0 Å². The molecule has 1 aliphatic rings. The van der Waals surface area contributed by atoms with Crippen LogP contribution in [0.4, 0.5) is 14.9 Å². The lowest BCUT2D eigenvalue weighted by molar-refractivity contribution is 0.219. The molecule has 0 atom stereocenters. The largest absolute Gasteiger partial charge is 0.380 e. The maximum absolute atomic E-state index is 13.4. The van der Waals surface area contributed by atoms with E-state index in [1.165, 1.54) is 6.07 Å². The number of halogens is 2. The number of amides is 2. The molecular weight excluding hydrogens is 245 g/mol. The standard InChI is InChI=1S/C11H13ClFN3O/c12-8-2-1-3-9(13)10(8)14-4-6-16-7-5-15-11(16)17/h1-3,14H,4-7H2,(H,15,17). The molecule has 1 heterocycles. The predicted octanol–water partition coefficient (Wildman–Crippen LogP) is 1.92. The molecule has 0 saturated carbocycles. The van der Waals surface area contributed by atoms with Gasteiger partial charge in [0.25, 0.3) is 0 Å². The third-order valence-electron chi connectivity index (χ3n) is 2.59. The molecule has 2 N–H and O–H groups in total. The van der Waals surface area contributed by atoms with Gasteiger partial charge in [-0.25, -0.2) is 9.18 Å². The molecule has 4 nitrogen and oxygen atoms in total. The van der Waals surface area contributed by atoms with Crippen molar-refractivity contribution in [1.82, 2.24) is 10.2 Å². The highest BCUT2D eigenvalue weighted by Gasteiger charge is 2.18. The molecule has 1 fully saturated rings. The van der Waals surface area contributed by atoms with E-state index in [0.717, 1.165) is 0 Å². The highest BCUT2D eigenvalue weighted by molar-refractivity contribution is 6.33. The molecule has 6 heteroatoms. The van der Waals surface area contributed by atoms with Gasteiger partial charge in [0, 0.05) is 26.2 Å². The first kappa shape index (κ1) is 12.0. The van der Waals surface area contributed by atoms with Crippen LogP contribution >= 0.6 is 11.6 Å². The minimum Gasteiger partial charge on any atom is -0.380 e. The quantitative estimate of drug-likeness (QED) is 0.866. The van der Waals surface area contributed by atoms with E-state index in [1.807, 2.05) is 0 Å². The van der Waals surface area contributed by atoms with Crippen molar-refractivity contribution < 1.29 is 9.18 Å². The molecule has 2 rings (SSSR count). The van der Waals surface area contributed by atoms with Gasteiger partial charge in [-0.3, -0.25) is 0 Å². The Kier molecular flexibility index (Phi) is 3.68. The third kappa shape index (κ3) is 2.79. The number of anilines is 1. The van der Waals surface area contributed by atoms with E-state index in [2.05, 4.69) is 10.6 Å². The van der Waals surface area contributed by atoms with Gasteiger partial charge in [-0.1, -0.05) is 17.7 Å². The Bertz CT molecular complexity index is 407. The Morgan fingerprint density at radius 1 is 1.53 bits per heavy atom. The summed E-state index contributed by atoms with van der Waals surface area (Å²) in [6.45, 7) is 2.34. The fourth-order valence-electron chi connectivity index (χ4n) is 1.71. The van der Waals surface area contributed by atoms with Crippen molar-refractivity contribution in [2.24, 2.45) is 0 Å². The van der Waals surface area contributed by atoms with Crippen LogP contribution in [0.25, 0.3) is 0 Å². The van der Waals surface area contributed by atoms with Crippen molar-refractivity contribution in [1.29, 1.82) is 0 Å². The maximum Gasteiger partial charge on any atom is 0.317 e. The van der Waals surface area contributed by atoms with Gasteiger partial charge >= 0.3 is 6.03 Å². The second-order valence-electron chi connectivity index (χ2n) is 3.74. The monoisotopic (exact) mass is 257 g/mol. The van der Waals surface area contributed by atoms with Crippen LogP contribution in [0.1, 0.15) is 0 Å². The van der Waals surface area contributed by atoms with E-state index in [0.29, 0.717) is 31.2 Å². The average molecular weight is 258 g/mol. The molecule has 0 bridgehead atoms. The van der Waals surface area contributed by atoms with Crippen LogP contribution in [0.15, 0.2) is 18.2 Å². The first-order chi connectivity index (χ1) is 8.18. The molecule has 1 saturated heterocycles. The summed E-state index contributed by atoms with van der Waals surface area (Å²) < 4.78 is 13.4. The van der Waals surface area contributed by atoms with Crippen LogP contribution in [0, 0.1) is 5.82 Å². The van der Waals surface area contributed by atoms with Crippen LogP contribution in [0.5, 0.6) is 0 Å². The summed E-state index contributed by atoms with van der Waals surface area (Å²) in [5.41, 5.74) is 0.286. The zero-order chi connectivity index (χ0) is 12.3. The lowest BCUT2D eigenvalue weighted by Gasteiger charge is -2.15. The Morgan fingerprint density at radius 2 is 2.35 bits per heavy atom. The number of carbonyl (C=O) groups excluding carboxylic acids is 1. The van der Waals surface area contributed by atoms with Crippen molar-refractivity contribution in [2.75, 3.05) is 31.5 Å². The molecule has 1 aromatic rings. The number of rotatable bonds is 4. The number of hydrogen-bond acceptors (Lipinski definition) is 2. The minimum absolute atomic E-state index is 0.0774. The average Bonchev–Trinajstić information content (AvgIpc) is 2.69.